The SMILES string of the molecule is CCC(=O)NC1([C@@H](C)CC)CCN([C@@H](CCc2ccccc2)C(=O)N[C@@H](Cc2ccccc2)[C@H](O)CNCc2cccc(OC)c2)C1=O. The molecule has 0 radical (unpaired) electrons. The standard InChI is InChI=1S/C39H52N4O5/c1-5-28(3)39(42-36(45)6-2)22-23-43(38(39)47)34(21-20-29-14-9-7-10-15-29)37(46)41-33(25-30-16-11-8-12-17-30)35(44)27-40-26-31-18-13-19-32(24-31)48-4/h7-19,24,28,33-35,40,44H,5-6,20-23,25-27H2,1-4H3,(H,41,46)(H,42,45)/t28-,33-,34-,35+,39?/m0/s1. The Morgan fingerprint density at radius 2 is 1.62 bits per heavy atom. The number of ether oxygens (including phenoxy) is 1. The van der Waals surface area contributed by atoms with Crippen LogP contribution in [0.4, 0.5) is 0 Å². The van der Waals surface area contributed by atoms with Crippen molar-refractivity contribution in [3.05, 3.63) is 102 Å². The van der Waals surface area contributed by atoms with E-state index < -0.39 is 23.7 Å². The zero-order valence-electron chi connectivity index (χ0n) is 28.8. The van der Waals surface area contributed by atoms with Crippen LogP contribution in [0, 0.1) is 5.92 Å². The van der Waals surface area contributed by atoms with Gasteiger partial charge in [0.25, 0.3) is 0 Å². The fraction of sp³-hybridized carbons (Fsp3) is 0.462. The van der Waals surface area contributed by atoms with Crippen molar-refractivity contribution < 1.29 is 24.2 Å². The number of aliphatic hydroxyl groups is 1. The topological polar surface area (TPSA) is 120 Å². The van der Waals surface area contributed by atoms with Gasteiger partial charge in [-0.05, 0) is 60.4 Å². The van der Waals surface area contributed by atoms with Crippen LogP contribution in [0.15, 0.2) is 84.9 Å². The number of nitrogens with one attached hydrogen (secondary N) is 3. The summed E-state index contributed by atoms with van der Waals surface area (Å²) in [4.78, 5) is 43.0. The number of methoxy groups -OCH3 is 1. The summed E-state index contributed by atoms with van der Waals surface area (Å²) in [7, 11) is 1.63. The van der Waals surface area contributed by atoms with E-state index in [-0.39, 0.29) is 36.6 Å². The summed E-state index contributed by atoms with van der Waals surface area (Å²) < 4.78 is 5.33. The van der Waals surface area contributed by atoms with Gasteiger partial charge in [0.15, 0.2) is 0 Å². The lowest BCUT2D eigenvalue weighted by atomic mass is 9.81. The second kappa shape index (κ2) is 17.8. The second-order valence-electron chi connectivity index (χ2n) is 12.8. The first kappa shape index (κ1) is 36.6. The zero-order chi connectivity index (χ0) is 34.5. The molecule has 1 unspecified atom stereocenters. The van der Waals surface area contributed by atoms with Crippen molar-refractivity contribution in [2.45, 2.75) is 89.6 Å². The number of hydrogen-bond acceptors (Lipinski definition) is 6. The number of hydrogen-bond donors (Lipinski definition) is 4. The van der Waals surface area contributed by atoms with Crippen LogP contribution in [0.25, 0.3) is 0 Å². The van der Waals surface area contributed by atoms with E-state index in [4.69, 9.17) is 4.74 Å². The van der Waals surface area contributed by atoms with Gasteiger partial charge >= 0.3 is 0 Å². The number of likely N-dealkylation sites (tertiary alicyclic amines) is 1. The van der Waals surface area contributed by atoms with Crippen molar-refractivity contribution in [1.82, 2.24) is 20.9 Å². The van der Waals surface area contributed by atoms with Gasteiger partial charge in [0, 0.05) is 26.1 Å². The van der Waals surface area contributed by atoms with Gasteiger partial charge < -0.3 is 30.7 Å². The number of carbonyl (C=O) groups is 3. The van der Waals surface area contributed by atoms with Crippen LogP contribution < -0.4 is 20.7 Å². The van der Waals surface area contributed by atoms with Gasteiger partial charge in [-0.1, -0.05) is 100.0 Å². The Labute approximate surface area is 285 Å². The summed E-state index contributed by atoms with van der Waals surface area (Å²) in [6.07, 6.45) is 1.92. The Bertz CT molecular complexity index is 1470. The predicted octanol–water partition coefficient (Wildman–Crippen LogP) is 4.42. The maximum absolute atomic E-state index is 14.4. The van der Waals surface area contributed by atoms with E-state index in [0.717, 1.165) is 22.4 Å². The molecule has 1 fully saturated rings. The van der Waals surface area contributed by atoms with Gasteiger partial charge in [0.05, 0.1) is 19.3 Å². The molecular weight excluding hydrogens is 604 g/mol. The molecule has 1 aliphatic rings. The Morgan fingerprint density at radius 3 is 2.27 bits per heavy atom. The molecule has 3 aromatic carbocycles. The molecule has 0 saturated carbocycles. The second-order valence-corrected chi connectivity index (χ2v) is 12.8. The third-order valence-corrected chi connectivity index (χ3v) is 9.66. The molecule has 0 aromatic heterocycles. The molecule has 3 aromatic rings. The molecule has 0 aliphatic carbocycles. The molecule has 9 heteroatoms. The van der Waals surface area contributed by atoms with Gasteiger partial charge in [-0.25, -0.2) is 0 Å². The fourth-order valence-corrected chi connectivity index (χ4v) is 6.54. The minimum atomic E-state index is -1.06. The highest BCUT2D eigenvalue weighted by Gasteiger charge is 2.53. The van der Waals surface area contributed by atoms with Crippen LogP contribution in [-0.4, -0.2) is 71.7 Å². The van der Waals surface area contributed by atoms with Crippen molar-refractivity contribution >= 4 is 17.7 Å². The molecule has 5 atom stereocenters. The smallest absolute Gasteiger partial charge is 0.249 e. The fourth-order valence-electron chi connectivity index (χ4n) is 6.54. The summed E-state index contributed by atoms with van der Waals surface area (Å²) in [5.74, 6) is -0.0515. The minimum absolute atomic E-state index is 0.105. The minimum Gasteiger partial charge on any atom is -0.497 e. The summed E-state index contributed by atoms with van der Waals surface area (Å²) in [6, 6.07) is 26.0. The van der Waals surface area contributed by atoms with E-state index in [9.17, 15) is 19.5 Å². The van der Waals surface area contributed by atoms with Crippen molar-refractivity contribution in [3.63, 3.8) is 0 Å². The monoisotopic (exact) mass is 656 g/mol. The Balaban J connectivity index is 1.57. The molecular formula is C39H52N4O5. The van der Waals surface area contributed by atoms with E-state index in [2.05, 4.69) is 16.0 Å². The number of aryl methyl sites for hydroxylation is 1. The lowest BCUT2D eigenvalue weighted by Gasteiger charge is -2.36. The van der Waals surface area contributed by atoms with Crippen LogP contribution in [0.1, 0.15) is 63.1 Å². The number of amides is 3. The van der Waals surface area contributed by atoms with E-state index in [0.29, 0.717) is 45.2 Å². The van der Waals surface area contributed by atoms with Gasteiger partial charge in [-0.15, -0.1) is 0 Å². The van der Waals surface area contributed by atoms with Crippen molar-refractivity contribution in [2.24, 2.45) is 5.92 Å². The van der Waals surface area contributed by atoms with Crippen LogP contribution in [0.2, 0.25) is 0 Å². The van der Waals surface area contributed by atoms with Crippen LogP contribution in [0.5, 0.6) is 5.75 Å². The van der Waals surface area contributed by atoms with Gasteiger partial charge in [0.2, 0.25) is 17.7 Å². The van der Waals surface area contributed by atoms with E-state index in [1.165, 1.54) is 0 Å². The third kappa shape index (κ3) is 9.45. The maximum atomic E-state index is 14.4. The highest BCUT2D eigenvalue weighted by molar-refractivity contribution is 5.97. The summed E-state index contributed by atoms with van der Waals surface area (Å²) >= 11 is 0. The summed E-state index contributed by atoms with van der Waals surface area (Å²) in [5.41, 5.74) is 2.00. The molecule has 48 heavy (non-hydrogen) atoms. The molecule has 1 heterocycles. The molecule has 1 saturated heterocycles. The molecule has 4 rings (SSSR count). The zero-order valence-corrected chi connectivity index (χ0v) is 28.8. The lowest BCUT2D eigenvalue weighted by Crippen LogP contribution is -2.61. The molecule has 4 N–H and O–H groups in total. The first-order valence-corrected chi connectivity index (χ1v) is 17.2. The van der Waals surface area contributed by atoms with E-state index >= 15 is 0 Å². The summed E-state index contributed by atoms with van der Waals surface area (Å²) in [6.45, 7) is 6.89. The quantitative estimate of drug-likeness (QED) is 0.161. The van der Waals surface area contributed by atoms with Gasteiger partial charge in [-0.3, -0.25) is 14.4 Å². The lowest BCUT2D eigenvalue weighted by molar-refractivity contribution is -0.144. The number of benzene rings is 3. The normalized spacial score (nSPS) is 18.5. The first-order valence-electron chi connectivity index (χ1n) is 17.2. The van der Waals surface area contributed by atoms with E-state index in [1.54, 1.807) is 18.9 Å². The molecule has 0 bridgehead atoms. The third-order valence-electron chi connectivity index (χ3n) is 9.66. The molecule has 9 nitrogen and oxygen atoms in total. The predicted molar refractivity (Wildman–Crippen MR) is 188 cm³/mol. The Hall–Kier alpha value is -4.21. The average Bonchev–Trinajstić information content (AvgIpc) is 3.44. The Kier molecular flexibility index (Phi) is 13.6. The molecule has 1 aliphatic heterocycles. The Morgan fingerprint density at radius 1 is 0.958 bits per heavy atom. The largest absolute Gasteiger partial charge is 0.497 e. The highest BCUT2D eigenvalue weighted by Crippen LogP contribution is 2.34. The van der Waals surface area contributed by atoms with Crippen molar-refractivity contribution in [1.29, 1.82) is 0 Å². The first-order chi connectivity index (χ1) is 23.2. The van der Waals surface area contributed by atoms with Crippen molar-refractivity contribution in [3.8, 4) is 5.75 Å². The molecule has 0 spiro atoms. The van der Waals surface area contributed by atoms with Crippen LogP contribution in [-0.2, 0) is 33.8 Å². The molecule has 258 valence electrons. The summed E-state index contributed by atoms with van der Waals surface area (Å²) in [5, 5.41) is 21.0. The van der Waals surface area contributed by atoms with Gasteiger partial charge in [0.1, 0.15) is 17.3 Å². The number of nitrogens with zero attached hydrogens (tertiary/aromatic N) is 1. The average molecular weight is 657 g/mol. The number of rotatable bonds is 18. The number of aliphatic hydroxyl groups excluding tert-OH is 1. The molecule has 3 amide bonds. The highest BCUT2D eigenvalue weighted by atomic mass is 16.5. The van der Waals surface area contributed by atoms with Crippen molar-refractivity contribution in [2.75, 3.05) is 20.2 Å². The van der Waals surface area contributed by atoms with Crippen LogP contribution in [0.3, 0.4) is 0 Å². The maximum Gasteiger partial charge on any atom is 0.249 e. The van der Waals surface area contributed by atoms with E-state index in [1.807, 2.05) is 98.8 Å². The van der Waals surface area contributed by atoms with Crippen LogP contribution >= 0.6 is 0 Å². The number of carbonyl (C=O) groups excluding carboxylic acids is 3. The van der Waals surface area contributed by atoms with Gasteiger partial charge in [-0.2, -0.15) is 0 Å².